The Bertz CT molecular complexity index is 1110. The van der Waals surface area contributed by atoms with E-state index in [1.165, 1.54) is 17.2 Å². The zero-order valence-electron chi connectivity index (χ0n) is 16.4. The average molecular weight is 474 g/mol. The Labute approximate surface area is 184 Å². The number of piperidine rings is 1. The molecule has 11 heteroatoms. The Morgan fingerprint density at radius 2 is 2.03 bits per heavy atom. The van der Waals surface area contributed by atoms with Crippen LogP contribution < -0.4 is 0 Å². The molecule has 0 saturated carbocycles. The molecule has 1 N–H and O–H groups in total. The van der Waals surface area contributed by atoms with Gasteiger partial charge in [-0.3, -0.25) is 4.79 Å². The van der Waals surface area contributed by atoms with E-state index in [0.717, 1.165) is 0 Å². The zero-order valence-corrected chi connectivity index (χ0v) is 18.0. The normalized spacial score (nSPS) is 17.8. The van der Waals surface area contributed by atoms with E-state index in [0.29, 0.717) is 51.9 Å². The van der Waals surface area contributed by atoms with E-state index in [1.807, 2.05) is 0 Å². The number of benzene rings is 1. The van der Waals surface area contributed by atoms with Crippen molar-refractivity contribution in [3.8, 4) is 0 Å². The summed E-state index contributed by atoms with van der Waals surface area (Å²) in [6.07, 6.45) is -5.14. The molecule has 1 fully saturated rings. The van der Waals surface area contributed by atoms with Crippen LogP contribution in [0.15, 0.2) is 28.0 Å². The largest absolute Gasteiger partial charge is 0.440 e. The molecule has 1 saturated heterocycles. The first-order chi connectivity index (χ1) is 14.6. The summed E-state index contributed by atoms with van der Waals surface area (Å²) in [5.41, 5.74) is -1.71. The van der Waals surface area contributed by atoms with Crippen molar-refractivity contribution in [1.29, 1.82) is 0 Å². The van der Waals surface area contributed by atoms with Gasteiger partial charge in [0.1, 0.15) is 10.5 Å². The number of carbonyl (C=O) groups is 1. The van der Waals surface area contributed by atoms with Crippen LogP contribution in [0.25, 0.3) is 11.1 Å². The second-order valence-corrected chi connectivity index (χ2v) is 8.94. The summed E-state index contributed by atoms with van der Waals surface area (Å²) >= 11 is 6.66. The Balaban J connectivity index is 1.44. The van der Waals surface area contributed by atoms with Gasteiger partial charge < -0.3 is 14.4 Å². The molecule has 3 aromatic rings. The number of halogens is 4. The Morgan fingerprint density at radius 1 is 1.32 bits per heavy atom. The molecule has 1 aliphatic heterocycles. The number of oxazole rings is 1. The van der Waals surface area contributed by atoms with Crippen LogP contribution >= 0.6 is 22.9 Å². The Kier molecular flexibility index (Phi) is 5.74. The molecule has 0 radical (unpaired) electrons. The molecule has 0 aliphatic carbocycles. The highest BCUT2D eigenvalue weighted by Gasteiger charge is 2.58. The zero-order chi connectivity index (χ0) is 22.4. The number of alkyl halides is 3. The maximum Gasteiger partial charge on any atom is 0.424 e. The Hall–Kier alpha value is -2.17. The molecule has 1 unspecified atom stereocenters. The molecule has 6 nitrogen and oxygen atoms in total. The number of amides is 1. The first-order valence-corrected chi connectivity index (χ1v) is 10.9. The van der Waals surface area contributed by atoms with Crippen molar-refractivity contribution in [3.05, 3.63) is 45.2 Å². The smallest absolute Gasteiger partial charge is 0.424 e. The van der Waals surface area contributed by atoms with Gasteiger partial charge >= 0.3 is 6.18 Å². The van der Waals surface area contributed by atoms with Crippen LogP contribution in [0.3, 0.4) is 0 Å². The molecular formula is C20H19ClF3N3O3S. The minimum Gasteiger partial charge on any atom is -0.440 e. The van der Waals surface area contributed by atoms with E-state index >= 15 is 0 Å². The fourth-order valence-electron chi connectivity index (χ4n) is 3.64. The first kappa shape index (κ1) is 22.0. The van der Waals surface area contributed by atoms with Crippen molar-refractivity contribution >= 4 is 39.9 Å². The summed E-state index contributed by atoms with van der Waals surface area (Å²) < 4.78 is 46.7. The maximum absolute atomic E-state index is 13.7. The molecule has 0 bridgehead atoms. The molecule has 2 aromatic heterocycles. The minimum absolute atomic E-state index is 0.0571. The lowest BCUT2D eigenvalue weighted by Gasteiger charge is -2.34. The van der Waals surface area contributed by atoms with E-state index in [1.54, 1.807) is 18.2 Å². The van der Waals surface area contributed by atoms with Gasteiger partial charge in [-0.1, -0.05) is 11.6 Å². The van der Waals surface area contributed by atoms with Gasteiger partial charge in [0.05, 0.1) is 6.42 Å². The number of rotatable bonds is 4. The first-order valence-electron chi connectivity index (χ1n) is 9.62. The average Bonchev–Trinajstić information content (AvgIpc) is 3.33. The Morgan fingerprint density at radius 3 is 2.65 bits per heavy atom. The fourth-order valence-corrected chi connectivity index (χ4v) is 4.72. The third-order valence-corrected chi connectivity index (χ3v) is 6.76. The molecular weight excluding hydrogens is 455 g/mol. The highest BCUT2D eigenvalue weighted by Crippen LogP contribution is 2.43. The van der Waals surface area contributed by atoms with Gasteiger partial charge in [-0.05, 0) is 38.0 Å². The summed E-state index contributed by atoms with van der Waals surface area (Å²) in [6.45, 7) is 2.02. The van der Waals surface area contributed by atoms with Crippen LogP contribution in [0.4, 0.5) is 13.2 Å². The van der Waals surface area contributed by atoms with Gasteiger partial charge in [0.15, 0.2) is 11.5 Å². The number of aliphatic hydroxyl groups is 1. The number of hydrogen-bond acceptors (Lipinski definition) is 6. The number of thiazole rings is 1. The predicted octanol–water partition coefficient (Wildman–Crippen LogP) is 4.79. The van der Waals surface area contributed by atoms with E-state index < -0.39 is 29.1 Å². The van der Waals surface area contributed by atoms with Gasteiger partial charge in [0, 0.05) is 35.1 Å². The van der Waals surface area contributed by atoms with Gasteiger partial charge in [0.25, 0.3) is 0 Å². The lowest BCUT2D eigenvalue weighted by atomic mass is 9.94. The second-order valence-electron chi connectivity index (χ2n) is 7.65. The number of nitrogens with zero attached hydrogens (tertiary/aromatic N) is 3. The molecule has 166 valence electrons. The monoisotopic (exact) mass is 473 g/mol. The van der Waals surface area contributed by atoms with Crippen molar-refractivity contribution < 1.29 is 27.5 Å². The van der Waals surface area contributed by atoms with Gasteiger partial charge in [-0.15, -0.1) is 11.3 Å². The van der Waals surface area contributed by atoms with E-state index in [2.05, 4.69) is 9.97 Å². The molecule has 1 amide bonds. The lowest BCUT2D eigenvalue weighted by Crippen LogP contribution is -2.48. The second kappa shape index (κ2) is 8.07. The van der Waals surface area contributed by atoms with Crippen molar-refractivity contribution in [2.24, 2.45) is 0 Å². The molecule has 31 heavy (non-hydrogen) atoms. The number of hydrogen-bond donors (Lipinski definition) is 1. The highest BCUT2D eigenvalue weighted by molar-refractivity contribution is 7.09. The number of likely N-dealkylation sites (tertiary alicyclic amines) is 1. The SMILES string of the molecule is Cc1csc(C(O)(CC(=O)N2CCC(c3nc4cc(Cl)ccc4o3)CC2)C(F)(F)F)n1. The van der Waals surface area contributed by atoms with Gasteiger partial charge in [-0.2, -0.15) is 13.2 Å². The molecule has 3 heterocycles. The van der Waals surface area contributed by atoms with Crippen molar-refractivity contribution in [2.45, 2.75) is 43.9 Å². The van der Waals surface area contributed by atoms with E-state index in [-0.39, 0.29) is 19.0 Å². The predicted molar refractivity (Wildman–Crippen MR) is 109 cm³/mol. The number of aromatic nitrogens is 2. The molecule has 1 atom stereocenters. The fraction of sp³-hybridized carbons (Fsp3) is 0.450. The molecule has 1 aromatic carbocycles. The summed E-state index contributed by atoms with van der Waals surface area (Å²) in [5, 5.41) is 11.8. The van der Waals surface area contributed by atoms with Crippen LogP contribution in [0.1, 0.15) is 41.8 Å². The van der Waals surface area contributed by atoms with Crippen LogP contribution in [0, 0.1) is 6.92 Å². The lowest BCUT2D eigenvalue weighted by molar-refractivity contribution is -0.268. The summed E-state index contributed by atoms with van der Waals surface area (Å²) in [4.78, 5) is 22.2. The molecule has 4 rings (SSSR count). The summed E-state index contributed by atoms with van der Waals surface area (Å²) in [6, 6.07) is 5.12. The summed E-state index contributed by atoms with van der Waals surface area (Å²) in [7, 11) is 0. The topological polar surface area (TPSA) is 79.5 Å². The maximum atomic E-state index is 13.7. The third kappa shape index (κ3) is 4.28. The van der Waals surface area contributed by atoms with Gasteiger partial charge in [-0.25, -0.2) is 9.97 Å². The number of carbonyl (C=O) groups excluding carboxylic acids is 1. The quantitative estimate of drug-likeness (QED) is 0.589. The van der Waals surface area contributed by atoms with Crippen molar-refractivity contribution in [3.63, 3.8) is 0 Å². The van der Waals surface area contributed by atoms with Gasteiger partial charge in [0.2, 0.25) is 11.5 Å². The molecule has 0 spiro atoms. The van der Waals surface area contributed by atoms with Crippen molar-refractivity contribution in [2.75, 3.05) is 13.1 Å². The van der Waals surface area contributed by atoms with Crippen molar-refractivity contribution in [1.82, 2.24) is 14.9 Å². The van der Waals surface area contributed by atoms with Crippen LogP contribution in [-0.4, -0.2) is 45.1 Å². The number of aryl methyl sites for hydroxylation is 1. The van der Waals surface area contributed by atoms with Crippen LogP contribution in [0.2, 0.25) is 5.02 Å². The minimum atomic E-state index is -5.02. The van der Waals surface area contributed by atoms with E-state index in [4.69, 9.17) is 16.0 Å². The molecule has 1 aliphatic rings. The van der Waals surface area contributed by atoms with Crippen LogP contribution in [-0.2, 0) is 10.4 Å². The van der Waals surface area contributed by atoms with E-state index in [9.17, 15) is 23.1 Å². The number of fused-ring (bicyclic) bond motifs is 1. The standard InChI is InChI=1S/C20H19ClF3N3O3S/c1-11-10-31-18(25-11)19(29,20(22,23)24)9-16(28)27-6-4-12(5-7-27)17-26-14-8-13(21)2-3-15(14)30-17/h2-3,8,10,12,29H,4-7,9H2,1H3. The van der Waals surface area contributed by atoms with Crippen LogP contribution in [0.5, 0.6) is 0 Å². The summed E-state index contributed by atoms with van der Waals surface area (Å²) in [5.74, 6) is -0.303. The third-order valence-electron chi connectivity index (χ3n) is 5.41. The highest BCUT2D eigenvalue weighted by atomic mass is 35.5.